The van der Waals surface area contributed by atoms with Crippen molar-refractivity contribution in [3.05, 3.63) is 24.3 Å². The number of nitrogens with one attached hydrogen (secondary N) is 1. The molecule has 20 heavy (non-hydrogen) atoms. The van der Waals surface area contributed by atoms with Crippen LogP contribution in [0.2, 0.25) is 0 Å². The fraction of sp³-hybridized carbons (Fsp3) is 0.500. The predicted molar refractivity (Wildman–Crippen MR) is 74.6 cm³/mol. The summed E-state index contributed by atoms with van der Waals surface area (Å²) in [4.78, 5) is 4.32. The van der Waals surface area contributed by atoms with Gasteiger partial charge in [0.2, 0.25) is 0 Å². The van der Waals surface area contributed by atoms with Gasteiger partial charge >= 0.3 is 6.01 Å². The molecule has 1 aromatic heterocycles. The molecule has 0 amide bonds. The minimum atomic E-state index is -0.172. The van der Waals surface area contributed by atoms with Crippen LogP contribution in [0.4, 0.5) is 0 Å². The Morgan fingerprint density at radius 1 is 1.30 bits per heavy atom. The Kier molecular flexibility index (Phi) is 3.50. The number of aromatic nitrogens is 3. The van der Waals surface area contributed by atoms with E-state index < -0.39 is 0 Å². The molecule has 3 rings (SSSR count). The van der Waals surface area contributed by atoms with Gasteiger partial charge in [-0.05, 0) is 26.0 Å². The van der Waals surface area contributed by atoms with Crippen molar-refractivity contribution in [3.63, 3.8) is 0 Å². The first-order valence-electron chi connectivity index (χ1n) is 6.73. The molecule has 1 fully saturated rings. The maximum Gasteiger partial charge on any atom is 0.336 e. The Bertz CT molecular complexity index is 602. The number of para-hydroxylation sites is 1. The SMILES string of the molecule is CC1(C)CNCC(COc2nnc3ccccc3n2)O1. The van der Waals surface area contributed by atoms with E-state index in [0.29, 0.717) is 6.61 Å². The van der Waals surface area contributed by atoms with Gasteiger partial charge < -0.3 is 14.8 Å². The van der Waals surface area contributed by atoms with E-state index in [-0.39, 0.29) is 17.7 Å². The van der Waals surface area contributed by atoms with E-state index in [2.05, 4.69) is 34.3 Å². The van der Waals surface area contributed by atoms with Crippen LogP contribution in [-0.2, 0) is 4.74 Å². The molecule has 0 aliphatic carbocycles. The molecule has 6 heteroatoms. The van der Waals surface area contributed by atoms with Crippen LogP contribution in [0.3, 0.4) is 0 Å². The number of benzene rings is 1. The third-order valence-corrected chi connectivity index (χ3v) is 3.15. The lowest BCUT2D eigenvalue weighted by Crippen LogP contribution is -2.52. The molecule has 1 aliphatic rings. The molecule has 2 heterocycles. The normalized spacial score (nSPS) is 21.8. The summed E-state index contributed by atoms with van der Waals surface area (Å²) in [6.45, 7) is 6.14. The number of morpholine rings is 1. The first-order valence-corrected chi connectivity index (χ1v) is 6.73. The number of nitrogens with zero attached hydrogens (tertiary/aromatic N) is 3. The molecule has 0 radical (unpaired) electrons. The van der Waals surface area contributed by atoms with Gasteiger partial charge in [-0.25, -0.2) is 0 Å². The Morgan fingerprint density at radius 2 is 2.10 bits per heavy atom. The third-order valence-electron chi connectivity index (χ3n) is 3.15. The van der Waals surface area contributed by atoms with E-state index in [1.165, 1.54) is 0 Å². The maximum atomic E-state index is 5.92. The van der Waals surface area contributed by atoms with Crippen LogP contribution in [0.15, 0.2) is 24.3 Å². The van der Waals surface area contributed by atoms with Crippen LogP contribution < -0.4 is 10.1 Å². The number of rotatable bonds is 3. The summed E-state index contributed by atoms with van der Waals surface area (Å²) in [6.07, 6.45) is -0.00572. The standard InChI is InChI=1S/C14H18N4O2/c1-14(2)9-15-7-10(20-14)8-19-13-16-11-5-3-4-6-12(11)17-18-13/h3-6,10,15H,7-9H2,1-2H3. The van der Waals surface area contributed by atoms with Crippen LogP contribution in [0.25, 0.3) is 11.0 Å². The Labute approximate surface area is 117 Å². The van der Waals surface area contributed by atoms with Crippen LogP contribution in [0.1, 0.15) is 13.8 Å². The molecule has 0 spiro atoms. The summed E-state index contributed by atoms with van der Waals surface area (Å²) < 4.78 is 11.5. The van der Waals surface area contributed by atoms with Crippen molar-refractivity contribution in [2.75, 3.05) is 19.7 Å². The van der Waals surface area contributed by atoms with Crippen molar-refractivity contribution in [1.82, 2.24) is 20.5 Å². The highest BCUT2D eigenvalue weighted by Gasteiger charge is 2.28. The minimum absolute atomic E-state index is 0.00572. The summed E-state index contributed by atoms with van der Waals surface area (Å²) in [5.74, 6) is 0. The molecule has 2 aromatic rings. The summed E-state index contributed by atoms with van der Waals surface area (Å²) >= 11 is 0. The van der Waals surface area contributed by atoms with Crippen molar-refractivity contribution in [1.29, 1.82) is 0 Å². The molecule has 1 aromatic carbocycles. The van der Waals surface area contributed by atoms with Gasteiger partial charge in [-0.1, -0.05) is 17.2 Å². The lowest BCUT2D eigenvalue weighted by molar-refractivity contribution is -0.107. The zero-order valence-electron chi connectivity index (χ0n) is 11.7. The fourth-order valence-electron chi connectivity index (χ4n) is 2.26. The van der Waals surface area contributed by atoms with Crippen molar-refractivity contribution in [2.45, 2.75) is 25.6 Å². The Morgan fingerprint density at radius 3 is 2.90 bits per heavy atom. The van der Waals surface area contributed by atoms with Gasteiger partial charge in [-0.15, -0.1) is 5.10 Å². The van der Waals surface area contributed by atoms with E-state index in [1.807, 2.05) is 24.3 Å². The van der Waals surface area contributed by atoms with Crippen molar-refractivity contribution in [2.24, 2.45) is 0 Å². The second kappa shape index (κ2) is 5.30. The number of ether oxygens (including phenoxy) is 2. The van der Waals surface area contributed by atoms with E-state index in [4.69, 9.17) is 9.47 Å². The minimum Gasteiger partial charge on any atom is -0.460 e. The van der Waals surface area contributed by atoms with Crippen LogP contribution in [0, 0.1) is 0 Å². The first-order chi connectivity index (χ1) is 9.62. The third kappa shape index (κ3) is 3.02. The predicted octanol–water partition coefficient (Wildman–Crippen LogP) is 1.17. The molecule has 1 saturated heterocycles. The molecule has 1 atom stereocenters. The van der Waals surface area contributed by atoms with Gasteiger partial charge in [0.05, 0.1) is 11.1 Å². The second-order valence-electron chi connectivity index (χ2n) is 5.52. The van der Waals surface area contributed by atoms with Gasteiger partial charge in [-0.3, -0.25) is 0 Å². The first kappa shape index (κ1) is 13.2. The van der Waals surface area contributed by atoms with E-state index in [9.17, 15) is 0 Å². The van der Waals surface area contributed by atoms with Crippen molar-refractivity contribution >= 4 is 11.0 Å². The molecule has 1 unspecified atom stereocenters. The van der Waals surface area contributed by atoms with Gasteiger partial charge in [0, 0.05) is 13.1 Å². The molecule has 1 N–H and O–H groups in total. The lowest BCUT2D eigenvalue weighted by atomic mass is 10.1. The monoisotopic (exact) mass is 274 g/mol. The fourth-order valence-corrected chi connectivity index (χ4v) is 2.26. The summed E-state index contributed by atoms with van der Waals surface area (Å²) in [5.41, 5.74) is 1.37. The summed E-state index contributed by atoms with van der Waals surface area (Å²) in [6, 6.07) is 7.87. The number of hydrogen-bond donors (Lipinski definition) is 1. The Hall–Kier alpha value is -1.79. The average molecular weight is 274 g/mol. The van der Waals surface area contributed by atoms with Crippen LogP contribution in [0.5, 0.6) is 6.01 Å². The summed E-state index contributed by atoms with van der Waals surface area (Å²) in [7, 11) is 0. The van der Waals surface area contributed by atoms with E-state index in [1.54, 1.807) is 0 Å². The zero-order chi connectivity index (χ0) is 14.0. The molecule has 1 aliphatic heterocycles. The van der Waals surface area contributed by atoms with Crippen LogP contribution >= 0.6 is 0 Å². The number of fused-ring (bicyclic) bond motifs is 1. The van der Waals surface area contributed by atoms with Crippen LogP contribution in [-0.4, -0.2) is 46.6 Å². The molecule has 6 nitrogen and oxygen atoms in total. The highest BCUT2D eigenvalue weighted by molar-refractivity contribution is 5.73. The highest BCUT2D eigenvalue weighted by atomic mass is 16.6. The summed E-state index contributed by atoms with van der Waals surface area (Å²) in [5, 5.41) is 11.4. The topological polar surface area (TPSA) is 69.2 Å². The molecule has 0 bridgehead atoms. The van der Waals surface area contributed by atoms with E-state index in [0.717, 1.165) is 24.1 Å². The average Bonchev–Trinajstić information content (AvgIpc) is 2.44. The molecule has 106 valence electrons. The Balaban J connectivity index is 1.65. The van der Waals surface area contributed by atoms with Gasteiger partial charge in [0.15, 0.2) is 0 Å². The van der Waals surface area contributed by atoms with E-state index >= 15 is 0 Å². The quantitative estimate of drug-likeness (QED) is 0.906. The molecular formula is C14H18N4O2. The second-order valence-corrected chi connectivity index (χ2v) is 5.52. The lowest BCUT2D eigenvalue weighted by Gasteiger charge is -2.36. The maximum absolute atomic E-state index is 5.92. The number of hydrogen-bond acceptors (Lipinski definition) is 6. The van der Waals surface area contributed by atoms with Gasteiger partial charge in [-0.2, -0.15) is 4.98 Å². The van der Waals surface area contributed by atoms with Gasteiger partial charge in [0.1, 0.15) is 18.2 Å². The van der Waals surface area contributed by atoms with Crippen molar-refractivity contribution in [3.8, 4) is 6.01 Å². The van der Waals surface area contributed by atoms with Crippen molar-refractivity contribution < 1.29 is 9.47 Å². The largest absolute Gasteiger partial charge is 0.460 e. The zero-order valence-corrected chi connectivity index (χ0v) is 11.7. The smallest absolute Gasteiger partial charge is 0.336 e. The molecular weight excluding hydrogens is 256 g/mol. The van der Waals surface area contributed by atoms with Gasteiger partial charge in [0.25, 0.3) is 0 Å². The highest BCUT2D eigenvalue weighted by Crippen LogP contribution is 2.16. The molecule has 0 saturated carbocycles.